The van der Waals surface area contributed by atoms with Crippen LogP contribution in [-0.2, 0) is 0 Å². The van der Waals surface area contributed by atoms with Gasteiger partial charge in [-0.05, 0) is 77.9 Å². The number of nitrogens with zero attached hydrogens (tertiary/aromatic N) is 4. The van der Waals surface area contributed by atoms with Crippen molar-refractivity contribution >= 4 is 65.7 Å². The third-order valence-electron chi connectivity index (χ3n) is 11.3. The van der Waals surface area contributed by atoms with Crippen molar-refractivity contribution in [3.63, 3.8) is 0 Å². The molecule has 0 bridgehead atoms. The standard InChI is InChI=1S/C52H32N4O/c1-3-15-33(16-4-1)49-51-50(41-23-9-12-28-47(41)57-51)54-52(53-49)35-18-13-17-34(31-35)38-24-14-27-46-48(38)42-32-37(29-30-45(42)55(46)36-19-5-2-6-20-36)56-43-25-10-7-21-39(43)40-22-8-11-26-44(40)56/h1-32H. The molecule has 266 valence electrons. The molecular formula is C52H32N4O. The highest BCUT2D eigenvalue weighted by Gasteiger charge is 2.21. The molecule has 4 heterocycles. The monoisotopic (exact) mass is 728 g/mol. The highest BCUT2D eigenvalue weighted by Crippen LogP contribution is 2.42. The Morgan fingerprint density at radius 2 is 0.982 bits per heavy atom. The van der Waals surface area contributed by atoms with Crippen LogP contribution < -0.4 is 0 Å². The van der Waals surface area contributed by atoms with E-state index in [4.69, 9.17) is 14.4 Å². The van der Waals surface area contributed by atoms with Gasteiger partial charge in [-0.25, -0.2) is 9.97 Å². The van der Waals surface area contributed by atoms with Crippen molar-refractivity contribution in [3.05, 3.63) is 194 Å². The van der Waals surface area contributed by atoms with Crippen LogP contribution in [0.25, 0.3) is 111 Å². The first-order valence-corrected chi connectivity index (χ1v) is 19.3. The summed E-state index contributed by atoms with van der Waals surface area (Å²) in [6.45, 7) is 0. The quantitative estimate of drug-likeness (QED) is 0.177. The summed E-state index contributed by atoms with van der Waals surface area (Å²) in [4.78, 5) is 10.4. The molecule has 12 rings (SSSR count). The largest absolute Gasteiger partial charge is 0.452 e. The molecular weight excluding hydrogens is 697 g/mol. The van der Waals surface area contributed by atoms with Gasteiger partial charge in [-0.2, -0.15) is 0 Å². The summed E-state index contributed by atoms with van der Waals surface area (Å²) < 4.78 is 11.2. The molecule has 0 aliphatic rings. The smallest absolute Gasteiger partial charge is 0.180 e. The van der Waals surface area contributed by atoms with Crippen molar-refractivity contribution < 1.29 is 4.42 Å². The fraction of sp³-hybridized carbons (Fsp3) is 0. The molecule has 0 amide bonds. The van der Waals surface area contributed by atoms with Crippen LogP contribution in [0.15, 0.2) is 199 Å². The molecule has 57 heavy (non-hydrogen) atoms. The normalized spacial score (nSPS) is 11.9. The fourth-order valence-corrected chi connectivity index (χ4v) is 8.83. The molecule has 5 heteroatoms. The average Bonchev–Trinajstić information content (AvgIpc) is 3.94. The lowest BCUT2D eigenvalue weighted by Crippen LogP contribution is -1.95. The second kappa shape index (κ2) is 12.4. The molecule has 0 N–H and O–H groups in total. The molecule has 0 aliphatic carbocycles. The number of fused-ring (bicyclic) bond motifs is 9. The SMILES string of the molecule is c1ccc(-c2nc(-c3cccc(-c4cccc5c4c4cc(-n6c7ccccc7c7ccccc76)ccc4n5-c4ccccc4)c3)nc3c2oc2ccccc23)cc1. The first-order chi connectivity index (χ1) is 28.3. The van der Waals surface area contributed by atoms with Crippen molar-refractivity contribution in [1.29, 1.82) is 0 Å². The van der Waals surface area contributed by atoms with E-state index in [2.05, 4.69) is 167 Å². The summed E-state index contributed by atoms with van der Waals surface area (Å²) in [6, 6.07) is 68.6. The number of hydrogen-bond acceptors (Lipinski definition) is 3. The van der Waals surface area contributed by atoms with Gasteiger partial charge in [0.1, 0.15) is 16.8 Å². The Balaban J connectivity index is 1.11. The van der Waals surface area contributed by atoms with E-state index in [0.717, 1.165) is 66.8 Å². The number of hydrogen-bond donors (Lipinski definition) is 0. The molecule has 5 nitrogen and oxygen atoms in total. The van der Waals surface area contributed by atoms with Crippen molar-refractivity contribution in [2.45, 2.75) is 0 Å². The Kier molecular flexibility index (Phi) is 6.86. The van der Waals surface area contributed by atoms with Crippen molar-refractivity contribution in [1.82, 2.24) is 19.1 Å². The minimum Gasteiger partial charge on any atom is -0.452 e. The zero-order valence-corrected chi connectivity index (χ0v) is 30.7. The van der Waals surface area contributed by atoms with E-state index in [1.165, 1.54) is 32.6 Å². The number of benzene rings is 8. The predicted molar refractivity (Wildman–Crippen MR) is 234 cm³/mol. The second-order valence-electron chi connectivity index (χ2n) is 14.6. The van der Waals surface area contributed by atoms with E-state index < -0.39 is 0 Å². The lowest BCUT2D eigenvalue weighted by molar-refractivity contribution is 0.667. The maximum Gasteiger partial charge on any atom is 0.180 e. The number of furan rings is 1. The number of rotatable bonds is 5. The van der Waals surface area contributed by atoms with Crippen LogP contribution in [0.5, 0.6) is 0 Å². The topological polar surface area (TPSA) is 48.8 Å². The van der Waals surface area contributed by atoms with Crippen LogP contribution in [0.1, 0.15) is 0 Å². The van der Waals surface area contributed by atoms with Gasteiger partial charge in [0, 0.05) is 49.4 Å². The first kappa shape index (κ1) is 31.6. The van der Waals surface area contributed by atoms with Gasteiger partial charge in [-0.1, -0.05) is 127 Å². The Morgan fingerprint density at radius 3 is 1.77 bits per heavy atom. The first-order valence-electron chi connectivity index (χ1n) is 19.3. The Morgan fingerprint density at radius 1 is 0.386 bits per heavy atom. The van der Waals surface area contributed by atoms with Gasteiger partial charge in [-0.3, -0.25) is 0 Å². The molecule has 0 saturated carbocycles. The number of aromatic nitrogens is 4. The highest BCUT2D eigenvalue weighted by atomic mass is 16.3. The Bertz CT molecular complexity index is 3470. The summed E-state index contributed by atoms with van der Waals surface area (Å²) in [5, 5.41) is 5.84. The van der Waals surface area contributed by atoms with Crippen LogP contribution in [-0.4, -0.2) is 19.1 Å². The maximum atomic E-state index is 6.40. The summed E-state index contributed by atoms with van der Waals surface area (Å²) >= 11 is 0. The Hall–Kier alpha value is -7.76. The minimum absolute atomic E-state index is 0.655. The molecule has 0 aliphatic heterocycles. The molecule has 0 radical (unpaired) electrons. The van der Waals surface area contributed by atoms with Gasteiger partial charge in [-0.15, -0.1) is 0 Å². The predicted octanol–water partition coefficient (Wildman–Crippen LogP) is 13.6. The minimum atomic E-state index is 0.655. The van der Waals surface area contributed by atoms with E-state index in [1.54, 1.807) is 0 Å². The fourth-order valence-electron chi connectivity index (χ4n) is 8.83. The summed E-state index contributed by atoms with van der Waals surface area (Å²) in [5.74, 6) is 0.655. The zero-order chi connectivity index (χ0) is 37.5. The number of para-hydroxylation sites is 4. The van der Waals surface area contributed by atoms with Gasteiger partial charge in [0.2, 0.25) is 0 Å². The average molecular weight is 729 g/mol. The van der Waals surface area contributed by atoms with E-state index >= 15 is 0 Å². The van der Waals surface area contributed by atoms with Crippen LogP contribution >= 0.6 is 0 Å². The third-order valence-corrected chi connectivity index (χ3v) is 11.3. The van der Waals surface area contributed by atoms with Crippen molar-refractivity contribution in [2.24, 2.45) is 0 Å². The van der Waals surface area contributed by atoms with Gasteiger partial charge < -0.3 is 13.6 Å². The zero-order valence-electron chi connectivity index (χ0n) is 30.7. The maximum absolute atomic E-state index is 6.40. The molecule has 0 fully saturated rings. The highest BCUT2D eigenvalue weighted by molar-refractivity contribution is 6.17. The van der Waals surface area contributed by atoms with E-state index in [0.29, 0.717) is 11.4 Å². The van der Waals surface area contributed by atoms with Gasteiger partial charge in [0.15, 0.2) is 11.4 Å². The van der Waals surface area contributed by atoms with Crippen molar-refractivity contribution in [3.8, 4) is 45.1 Å². The van der Waals surface area contributed by atoms with Gasteiger partial charge >= 0.3 is 0 Å². The van der Waals surface area contributed by atoms with E-state index in [-0.39, 0.29) is 0 Å². The van der Waals surface area contributed by atoms with Crippen LogP contribution in [0.4, 0.5) is 0 Å². The van der Waals surface area contributed by atoms with E-state index in [9.17, 15) is 0 Å². The lowest BCUT2D eigenvalue weighted by Gasteiger charge is -2.10. The lowest BCUT2D eigenvalue weighted by atomic mass is 9.97. The summed E-state index contributed by atoms with van der Waals surface area (Å²) in [5.41, 5.74) is 14.2. The van der Waals surface area contributed by atoms with Gasteiger partial charge in [0.05, 0.1) is 22.1 Å². The van der Waals surface area contributed by atoms with Crippen molar-refractivity contribution in [2.75, 3.05) is 0 Å². The van der Waals surface area contributed by atoms with E-state index in [1.807, 2.05) is 36.4 Å². The molecule has 12 aromatic rings. The molecule has 4 aromatic heterocycles. The van der Waals surface area contributed by atoms with Crippen LogP contribution in [0.2, 0.25) is 0 Å². The van der Waals surface area contributed by atoms with Crippen LogP contribution in [0, 0.1) is 0 Å². The second-order valence-corrected chi connectivity index (χ2v) is 14.6. The molecule has 0 spiro atoms. The third kappa shape index (κ3) is 4.82. The van der Waals surface area contributed by atoms with Crippen LogP contribution in [0.3, 0.4) is 0 Å². The molecule has 0 atom stereocenters. The van der Waals surface area contributed by atoms with Gasteiger partial charge in [0.25, 0.3) is 0 Å². The molecule has 0 unspecified atom stereocenters. The summed E-state index contributed by atoms with van der Waals surface area (Å²) in [6.07, 6.45) is 0. The molecule has 0 saturated heterocycles. The molecule has 8 aromatic carbocycles. The Labute approximate surface area is 327 Å². The summed E-state index contributed by atoms with van der Waals surface area (Å²) in [7, 11) is 0.